The summed E-state index contributed by atoms with van der Waals surface area (Å²) in [5.74, 6) is -0.972. The minimum atomic E-state index is -0.972. The molecule has 7 nitrogen and oxygen atoms in total. The van der Waals surface area contributed by atoms with Crippen LogP contribution in [0.2, 0.25) is 0 Å². The Kier molecular flexibility index (Phi) is 6.38. The van der Waals surface area contributed by atoms with Gasteiger partial charge in [0.25, 0.3) is 0 Å². The summed E-state index contributed by atoms with van der Waals surface area (Å²) in [5.41, 5.74) is 9.76. The fraction of sp³-hybridized carbons (Fsp3) is 0.417. The van der Waals surface area contributed by atoms with Crippen molar-refractivity contribution >= 4 is 5.97 Å². The Hall–Kier alpha value is -2.08. The summed E-state index contributed by atoms with van der Waals surface area (Å²) in [6.45, 7) is 1.01. The summed E-state index contributed by atoms with van der Waals surface area (Å²) in [4.78, 5) is 13.8. The van der Waals surface area contributed by atoms with Gasteiger partial charge in [0.1, 0.15) is 6.04 Å². The summed E-state index contributed by atoms with van der Waals surface area (Å²) in [6.07, 6.45) is 0. The first-order valence-corrected chi connectivity index (χ1v) is 5.74. The van der Waals surface area contributed by atoms with Gasteiger partial charge < -0.3 is 15.2 Å². The first-order chi connectivity index (χ1) is 9.19. The highest BCUT2D eigenvalue weighted by Crippen LogP contribution is 2.14. The van der Waals surface area contributed by atoms with Crippen LogP contribution in [-0.2, 0) is 16.1 Å². The van der Waals surface area contributed by atoms with Crippen LogP contribution in [0.15, 0.2) is 29.4 Å². The largest absolute Gasteiger partial charge is 0.480 e. The van der Waals surface area contributed by atoms with Crippen LogP contribution in [0, 0.1) is 0 Å². The lowest BCUT2D eigenvalue weighted by atomic mass is 10.1. The molecule has 0 spiro atoms. The van der Waals surface area contributed by atoms with E-state index in [1.165, 1.54) is 0 Å². The number of nitrogens with zero attached hydrogens (tertiary/aromatic N) is 3. The maximum atomic E-state index is 11.2. The van der Waals surface area contributed by atoms with Crippen LogP contribution in [0.1, 0.15) is 17.2 Å². The molecule has 0 aliphatic heterocycles. The van der Waals surface area contributed by atoms with Crippen molar-refractivity contribution < 1.29 is 14.6 Å². The van der Waals surface area contributed by atoms with Crippen molar-refractivity contribution in [1.29, 1.82) is 0 Å². The Morgan fingerprint density at radius 1 is 1.53 bits per heavy atom. The molecule has 0 aromatic heterocycles. The molecular weight excluding hydrogens is 248 g/mol. The molecule has 0 bridgehead atoms. The minimum Gasteiger partial charge on any atom is -0.480 e. The lowest BCUT2D eigenvalue weighted by Gasteiger charge is -2.14. The molecule has 1 rings (SSSR count). The SMILES string of the molecule is COCc1ccc(C(NCCN=[N+]=[N-])C(=O)O)cc1. The average molecular weight is 264 g/mol. The number of carboxylic acids is 1. The van der Waals surface area contributed by atoms with Gasteiger partial charge >= 0.3 is 5.97 Å². The maximum Gasteiger partial charge on any atom is 0.325 e. The van der Waals surface area contributed by atoms with E-state index in [0.717, 1.165) is 5.56 Å². The van der Waals surface area contributed by atoms with Crippen molar-refractivity contribution in [2.24, 2.45) is 5.11 Å². The van der Waals surface area contributed by atoms with Gasteiger partial charge in [0.2, 0.25) is 0 Å². The highest BCUT2D eigenvalue weighted by atomic mass is 16.5. The number of hydrogen-bond donors (Lipinski definition) is 2. The van der Waals surface area contributed by atoms with Gasteiger partial charge in [-0.25, -0.2) is 0 Å². The zero-order valence-corrected chi connectivity index (χ0v) is 10.6. The van der Waals surface area contributed by atoms with Crippen LogP contribution in [0.4, 0.5) is 0 Å². The van der Waals surface area contributed by atoms with Crippen LogP contribution in [0.5, 0.6) is 0 Å². The van der Waals surface area contributed by atoms with E-state index < -0.39 is 12.0 Å². The summed E-state index contributed by atoms with van der Waals surface area (Å²) < 4.78 is 4.99. The Morgan fingerprint density at radius 3 is 2.74 bits per heavy atom. The summed E-state index contributed by atoms with van der Waals surface area (Å²) in [5, 5.41) is 15.3. The number of carbonyl (C=O) groups is 1. The van der Waals surface area contributed by atoms with E-state index in [0.29, 0.717) is 18.7 Å². The topological polar surface area (TPSA) is 107 Å². The Labute approximate surface area is 110 Å². The van der Waals surface area contributed by atoms with Crippen LogP contribution in [0.25, 0.3) is 10.4 Å². The third-order valence-electron chi connectivity index (χ3n) is 2.49. The number of ether oxygens (including phenoxy) is 1. The van der Waals surface area contributed by atoms with Gasteiger partial charge in [0, 0.05) is 25.1 Å². The number of rotatable bonds is 8. The van der Waals surface area contributed by atoms with Crippen molar-refractivity contribution in [1.82, 2.24) is 5.32 Å². The Balaban J connectivity index is 2.69. The van der Waals surface area contributed by atoms with Gasteiger partial charge in [-0.3, -0.25) is 4.79 Å². The predicted molar refractivity (Wildman–Crippen MR) is 69.5 cm³/mol. The maximum absolute atomic E-state index is 11.2. The van der Waals surface area contributed by atoms with Crippen molar-refractivity contribution in [2.45, 2.75) is 12.6 Å². The molecular formula is C12H16N4O3. The highest BCUT2D eigenvalue weighted by Gasteiger charge is 2.18. The number of hydrogen-bond acceptors (Lipinski definition) is 4. The van der Waals surface area contributed by atoms with Gasteiger partial charge in [0.05, 0.1) is 6.61 Å². The molecule has 102 valence electrons. The normalized spacial score (nSPS) is 11.6. The molecule has 1 aromatic rings. The smallest absolute Gasteiger partial charge is 0.325 e. The highest BCUT2D eigenvalue weighted by molar-refractivity contribution is 5.75. The van der Waals surface area contributed by atoms with Crippen LogP contribution in [0.3, 0.4) is 0 Å². The lowest BCUT2D eigenvalue weighted by Crippen LogP contribution is -2.30. The molecule has 0 aliphatic carbocycles. The van der Waals surface area contributed by atoms with Crippen LogP contribution in [-0.4, -0.2) is 31.3 Å². The van der Waals surface area contributed by atoms with Crippen molar-refractivity contribution in [3.8, 4) is 0 Å². The molecule has 0 saturated heterocycles. The molecule has 1 aromatic carbocycles. The van der Waals surface area contributed by atoms with E-state index in [1.807, 2.05) is 12.1 Å². The second kappa shape index (κ2) is 8.10. The fourth-order valence-electron chi connectivity index (χ4n) is 1.62. The molecule has 2 N–H and O–H groups in total. The molecule has 0 fully saturated rings. The van der Waals surface area contributed by atoms with Crippen molar-refractivity contribution in [2.75, 3.05) is 20.2 Å². The van der Waals surface area contributed by atoms with Gasteiger partial charge in [-0.2, -0.15) is 0 Å². The first kappa shape index (κ1) is 15.0. The number of carboxylic acid groups (broad SMARTS) is 1. The summed E-state index contributed by atoms with van der Waals surface area (Å²) >= 11 is 0. The van der Waals surface area contributed by atoms with E-state index in [-0.39, 0.29) is 6.54 Å². The average Bonchev–Trinajstić information content (AvgIpc) is 2.40. The van der Waals surface area contributed by atoms with Gasteiger partial charge in [-0.1, -0.05) is 29.4 Å². The molecule has 1 atom stereocenters. The number of methoxy groups -OCH3 is 1. The monoisotopic (exact) mass is 264 g/mol. The van der Waals surface area contributed by atoms with Gasteiger partial charge in [0.15, 0.2) is 0 Å². The fourth-order valence-corrected chi connectivity index (χ4v) is 1.62. The molecule has 19 heavy (non-hydrogen) atoms. The molecule has 0 radical (unpaired) electrons. The quantitative estimate of drug-likeness (QED) is 0.323. The molecule has 0 heterocycles. The van der Waals surface area contributed by atoms with Crippen molar-refractivity contribution in [3.63, 3.8) is 0 Å². The van der Waals surface area contributed by atoms with E-state index in [2.05, 4.69) is 15.3 Å². The third-order valence-corrected chi connectivity index (χ3v) is 2.49. The molecule has 1 unspecified atom stereocenters. The van der Waals surface area contributed by atoms with E-state index in [1.54, 1.807) is 19.2 Å². The van der Waals surface area contributed by atoms with Gasteiger partial charge in [-0.05, 0) is 16.7 Å². The standard InChI is InChI=1S/C12H16N4O3/c1-19-8-9-2-4-10(5-3-9)11(12(17)18)14-6-7-15-16-13/h2-5,11,14H,6-8H2,1H3,(H,17,18). The second-order valence-electron chi connectivity index (χ2n) is 3.85. The third kappa shape index (κ3) is 4.97. The van der Waals surface area contributed by atoms with Crippen LogP contribution >= 0.6 is 0 Å². The number of aliphatic carboxylic acids is 1. The minimum absolute atomic E-state index is 0.210. The lowest BCUT2D eigenvalue weighted by molar-refractivity contribution is -0.139. The van der Waals surface area contributed by atoms with Crippen LogP contribution < -0.4 is 5.32 Å². The zero-order chi connectivity index (χ0) is 14.1. The molecule has 0 saturated carbocycles. The summed E-state index contributed by atoms with van der Waals surface area (Å²) in [6, 6.07) is 6.32. The van der Waals surface area contributed by atoms with E-state index in [9.17, 15) is 4.79 Å². The Morgan fingerprint density at radius 2 is 2.21 bits per heavy atom. The second-order valence-corrected chi connectivity index (χ2v) is 3.85. The molecule has 0 amide bonds. The number of azide groups is 1. The van der Waals surface area contributed by atoms with E-state index >= 15 is 0 Å². The predicted octanol–water partition coefficient (Wildman–Crippen LogP) is 1.86. The van der Waals surface area contributed by atoms with Crippen molar-refractivity contribution in [3.05, 3.63) is 45.8 Å². The molecule has 7 heteroatoms. The molecule has 0 aliphatic rings. The Bertz CT molecular complexity index is 455. The number of nitrogens with one attached hydrogen (secondary N) is 1. The zero-order valence-electron chi connectivity index (χ0n) is 10.6. The van der Waals surface area contributed by atoms with Gasteiger partial charge in [-0.15, -0.1) is 0 Å². The number of benzene rings is 1. The summed E-state index contributed by atoms with van der Waals surface area (Å²) in [7, 11) is 1.60. The first-order valence-electron chi connectivity index (χ1n) is 5.74. The van der Waals surface area contributed by atoms with E-state index in [4.69, 9.17) is 15.4 Å².